The van der Waals surface area contributed by atoms with Crippen LogP contribution in [0.3, 0.4) is 0 Å². The number of fused-ring (bicyclic) bond motifs is 2. The highest BCUT2D eigenvalue weighted by molar-refractivity contribution is 6.96. The normalized spacial score (nSPS) is 29.5. The summed E-state index contributed by atoms with van der Waals surface area (Å²) in [6, 6.07) is 30.7. The Morgan fingerprint density at radius 2 is 1.35 bits per heavy atom. The van der Waals surface area contributed by atoms with E-state index >= 15 is 0 Å². The minimum Gasteiger partial charge on any atom is -0.0794 e. The molecule has 0 amide bonds. The van der Waals surface area contributed by atoms with Crippen molar-refractivity contribution in [2.45, 2.75) is 35.9 Å². The van der Waals surface area contributed by atoms with Crippen LogP contribution in [0.2, 0.25) is 13.1 Å². The lowest BCUT2D eigenvalue weighted by Gasteiger charge is -2.54. The average molecular weight is 413 g/mol. The Hall–Kier alpha value is -2.90. The molecule has 0 aromatic heterocycles. The van der Waals surface area contributed by atoms with Crippen molar-refractivity contribution in [1.82, 2.24) is 0 Å². The summed E-state index contributed by atoms with van der Waals surface area (Å²) in [5.74, 6) is 1.27. The summed E-state index contributed by atoms with van der Waals surface area (Å²) in [5, 5.41) is 4.74. The lowest BCUT2D eigenvalue weighted by Crippen LogP contribution is -2.59. The van der Waals surface area contributed by atoms with Gasteiger partial charge < -0.3 is 0 Å². The molecule has 1 spiro atoms. The lowest BCUT2D eigenvalue weighted by atomic mass is 9.56. The first kappa shape index (κ1) is 16.7. The Kier molecular flexibility index (Phi) is 2.76. The molecule has 4 aromatic carbocycles. The zero-order chi connectivity index (χ0) is 20.5. The fraction of sp³-hybridized carbons (Fsp3) is 0.200. The van der Waals surface area contributed by atoms with Crippen LogP contribution in [0.4, 0.5) is 0 Å². The molecule has 9 rings (SSSR count). The van der Waals surface area contributed by atoms with Crippen LogP contribution in [0.1, 0.15) is 51.1 Å². The van der Waals surface area contributed by atoms with Gasteiger partial charge in [-0.05, 0) is 49.3 Å². The second-order valence-corrected chi connectivity index (χ2v) is 15.0. The maximum atomic E-state index is 2.66. The van der Waals surface area contributed by atoms with E-state index in [1.165, 1.54) is 10.8 Å². The van der Waals surface area contributed by atoms with Gasteiger partial charge in [-0.15, -0.1) is 0 Å². The molecule has 4 aliphatic carbocycles. The minimum absolute atomic E-state index is 0.0692. The largest absolute Gasteiger partial charge is 0.0986 e. The Morgan fingerprint density at radius 1 is 0.710 bits per heavy atom. The van der Waals surface area contributed by atoms with Gasteiger partial charge in [-0.2, -0.15) is 0 Å². The van der Waals surface area contributed by atoms with E-state index in [0.29, 0.717) is 17.8 Å². The van der Waals surface area contributed by atoms with E-state index in [-0.39, 0.29) is 5.04 Å². The van der Waals surface area contributed by atoms with Crippen molar-refractivity contribution in [3.8, 4) is 0 Å². The summed E-state index contributed by atoms with van der Waals surface area (Å²) in [6.07, 6.45) is 5.19. The van der Waals surface area contributed by atoms with Crippen molar-refractivity contribution in [1.29, 1.82) is 0 Å². The zero-order valence-corrected chi connectivity index (χ0v) is 18.9. The van der Waals surface area contributed by atoms with E-state index in [1.54, 1.807) is 38.6 Å². The highest BCUT2D eigenvalue weighted by Gasteiger charge is 2.66. The molecule has 148 valence electrons. The number of allylic oxidation sites excluding steroid dienone is 2. The van der Waals surface area contributed by atoms with Gasteiger partial charge in [0, 0.05) is 22.8 Å². The van der Waals surface area contributed by atoms with Crippen molar-refractivity contribution in [2.75, 3.05) is 0 Å². The van der Waals surface area contributed by atoms with Gasteiger partial charge in [0.15, 0.2) is 0 Å². The topological polar surface area (TPSA) is 0 Å². The second-order valence-electron chi connectivity index (χ2n) is 10.4. The summed E-state index contributed by atoms with van der Waals surface area (Å²) >= 11 is 0. The molecule has 1 heterocycles. The molecule has 0 saturated carbocycles. The summed E-state index contributed by atoms with van der Waals surface area (Å²) in [4.78, 5) is 0. The summed E-state index contributed by atoms with van der Waals surface area (Å²) in [5.41, 5.74) is 9.72. The van der Waals surface area contributed by atoms with E-state index in [1.807, 2.05) is 0 Å². The van der Waals surface area contributed by atoms with Gasteiger partial charge in [0.25, 0.3) is 0 Å². The van der Waals surface area contributed by atoms with E-state index in [4.69, 9.17) is 0 Å². The fourth-order valence-electron chi connectivity index (χ4n) is 8.30. The number of hydrogen-bond acceptors (Lipinski definition) is 0. The molecule has 0 fully saturated rings. The van der Waals surface area contributed by atoms with Crippen LogP contribution in [-0.2, 0) is 5.04 Å². The summed E-state index contributed by atoms with van der Waals surface area (Å²) in [7, 11) is -1.99. The first-order valence-electron chi connectivity index (χ1n) is 11.6. The van der Waals surface area contributed by atoms with E-state index < -0.39 is 8.07 Å². The van der Waals surface area contributed by atoms with Gasteiger partial charge in [-0.3, -0.25) is 0 Å². The summed E-state index contributed by atoms with van der Waals surface area (Å²) < 4.78 is 0. The van der Waals surface area contributed by atoms with E-state index in [2.05, 4.69) is 104 Å². The Morgan fingerprint density at radius 3 is 2.10 bits per heavy atom. The summed E-state index contributed by atoms with van der Waals surface area (Å²) in [6.45, 7) is 5.32. The predicted molar refractivity (Wildman–Crippen MR) is 131 cm³/mol. The van der Waals surface area contributed by atoms with Crippen LogP contribution >= 0.6 is 0 Å². The number of rotatable bonds is 0. The van der Waals surface area contributed by atoms with Gasteiger partial charge in [-0.25, -0.2) is 0 Å². The van der Waals surface area contributed by atoms with Gasteiger partial charge in [-0.1, -0.05) is 104 Å². The molecule has 0 nitrogen and oxygen atoms in total. The molecular formula is C30H24Si. The molecular weight excluding hydrogens is 388 g/mol. The number of hydrogen-bond donors (Lipinski definition) is 0. The van der Waals surface area contributed by atoms with Crippen LogP contribution < -0.4 is 5.19 Å². The van der Waals surface area contributed by atoms with Gasteiger partial charge in [0.05, 0.1) is 8.07 Å². The van der Waals surface area contributed by atoms with Crippen molar-refractivity contribution in [3.05, 3.63) is 124 Å². The average Bonchev–Trinajstić information content (AvgIpc) is 2.99. The van der Waals surface area contributed by atoms with Crippen LogP contribution in [-0.4, -0.2) is 8.07 Å². The molecule has 2 atom stereocenters. The standard InChI is InChI=1S/C30H24Si/c1-31(2)29-19-10-4-3-9-18(19)17-23-20-15-16-26(28(23)29)30(31)24-13-7-5-11-21(24)27(20)22-12-6-8-14-25(22)30/h3-17,20,26-27H,1-2H3. The third-order valence-corrected chi connectivity index (χ3v) is 13.8. The molecule has 1 aliphatic heterocycles. The second kappa shape index (κ2) is 5.11. The van der Waals surface area contributed by atoms with E-state index in [9.17, 15) is 0 Å². The van der Waals surface area contributed by atoms with Gasteiger partial charge in [0.1, 0.15) is 0 Å². The first-order valence-corrected chi connectivity index (χ1v) is 14.6. The van der Waals surface area contributed by atoms with Crippen LogP contribution in [0.25, 0.3) is 10.8 Å². The predicted octanol–water partition coefficient (Wildman–Crippen LogP) is 6.49. The Balaban J connectivity index is 1.69. The van der Waals surface area contributed by atoms with Crippen LogP contribution in [0.5, 0.6) is 0 Å². The molecule has 2 unspecified atom stereocenters. The Labute approximate surface area is 184 Å². The SMILES string of the molecule is C[Si]1(C)c2c3c(cc4ccccc24)C2C=CC3C13c1ccccc1C2c1ccccc13. The van der Waals surface area contributed by atoms with Gasteiger partial charge >= 0.3 is 0 Å². The Bertz CT molecular complexity index is 1440. The fourth-order valence-corrected chi connectivity index (χ4v) is 13.4. The van der Waals surface area contributed by atoms with Crippen molar-refractivity contribution < 1.29 is 0 Å². The monoisotopic (exact) mass is 412 g/mol. The number of benzene rings is 4. The van der Waals surface area contributed by atoms with Crippen molar-refractivity contribution in [3.63, 3.8) is 0 Å². The molecule has 0 saturated heterocycles. The molecule has 0 N–H and O–H groups in total. The highest BCUT2D eigenvalue weighted by Crippen LogP contribution is 2.68. The molecule has 4 aromatic rings. The molecule has 5 aliphatic rings. The lowest BCUT2D eigenvalue weighted by molar-refractivity contribution is 0.519. The van der Waals surface area contributed by atoms with Crippen LogP contribution in [0.15, 0.2) is 91.0 Å². The van der Waals surface area contributed by atoms with Gasteiger partial charge in [0.2, 0.25) is 0 Å². The smallest absolute Gasteiger partial charge is 0.0794 e. The zero-order valence-electron chi connectivity index (χ0n) is 17.9. The minimum atomic E-state index is -1.99. The molecule has 5 bridgehead atoms. The molecule has 1 heteroatoms. The first-order chi connectivity index (χ1) is 15.2. The highest BCUT2D eigenvalue weighted by atomic mass is 28.3. The maximum absolute atomic E-state index is 2.66. The molecule has 31 heavy (non-hydrogen) atoms. The van der Waals surface area contributed by atoms with Crippen molar-refractivity contribution >= 4 is 24.0 Å². The third kappa shape index (κ3) is 1.58. The quantitative estimate of drug-likeness (QED) is 0.229. The maximum Gasteiger partial charge on any atom is 0.0986 e. The third-order valence-electron chi connectivity index (χ3n) is 9.18. The van der Waals surface area contributed by atoms with Crippen LogP contribution in [0, 0.1) is 0 Å². The molecule has 0 radical (unpaired) electrons. The van der Waals surface area contributed by atoms with Crippen molar-refractivity contribution in [2.24, 2.45) is 0 Å². The van der Waals surface area contributed by atoms with E-state index in [0.717, 1.165) is 0 Å².